The third kappa shape index (κ3) is 3.03. The molecule has 0 aliphatic heterocycles. The minimum atomic E-state index is -0.245. The SMILES string of the molecule is CC1(C)c2ccccc2-c2c(-c3ccccc3)nc(-n3c4ccccc4c4c5sc6ccccc6c5ccc43)nc21. The lowest BCUT2D eigenvalue weighted by Gasteiger charge is -2.21. The van der Waals surface area contributed by atoms with Crippen LogP contribution in [-0.2, 0) is 5.41 Å². The maximum Gasteiger partial charge on any atom is 0.235 e. The lowest BCUT2D eigenvalue weighted by atomic mass is 9.85. The summed E-state index contributed by atoms with van der Waals surface area (Å²) in [5.74, 6) is 0.718. The summed E-state index contributed by atoms with van der Waals surface area (Å²) in [6.07, 6.45) is 0. The molecule has 0 N–H and O–H groups in total. The normalized spacial score (nSPS) is 13.8. The van der Waals surface area contributed by atoms with Gasteiger partial charge in [-0.15, -0.1) is 11.3 Å². The molecule has 0 spiro atoms. The van der Waals surface area contributed by atoms with Crippen molar-refractivity contribution in [2.24, 2.45) is 0 Å². The molecule has 4 heteroatoms. The molecule has 0 fully saturated rings. The van der Waals surface area contributed by atoms with E-state index in [1.165, 1.54) is 42.1 Å². The van der Waals surface area contributed by atoms with Gasteiger partial charge in [-0.25, -0.2) is 9.97 Å². The van der Waals surface area contributed by atoms with Gasteiger partial charge in [0.2, 0.25) is 5.95 Å². The Morgan fingerprint density at radius 2 is 1.37 bits per heavy atom. The first-order chi connectivity index (χ1) is 20.1. The van der Waals surface area contributed by atoms with Crippen LogP contribution in [0.5, 0.6) is 0 Å². The number of aromatic nitrogens is 3. The minimum Gasteiger partial charge on any atom is -0.278 e. The highest BCUT2D eigenvalue weighted by molar-refractivity contribution is 7.26. The molecule has 0 unspecified atom stereocenters. The Morgan fingerprint density at radius 3 is 2.24 bits per heavy atom. The van der Waals surface area contributed by atoms with Gasteiger partial charge in [0.05, 0.1) is 22.4 Å². The maximum absolute atomic E-state index is 5.43. The summed E-state index contributed by atoms with van der Waals surface area (Å²) in [5.41, 5.74) is 8.86. The molecule has 5 aromatic carbocycles. The Balaban J connectivity index is 1.43. The largest absolute Gasteiger partial charge is 0.278 e. The number of hydrogen-bond donors (Lipinski definition) is 0. The number of fused-ring (bicyclic) bond motifs is 10. The highest BCUT2D eigenvalue weighted by Gasteiger charge is 2.40. The summed E-state index contributed by atoms with van der Waals surface area (Å²) >= 11 is 1.87. The van der Waals surface area contributed by atoms with Crippen molar-refractivity contribution in [3.8, 4) is 28.3 Å². The molecule has 3 heterocycles. The van der Waals surface area contributed by atoms with E-state index in [-0.39, 0.29) is 5.41 Å². The zero-order valence-corrected chi connectivity index (χ0v) is 23.5. The van der Waals surface area contributed by atoms with E-state index in [1.54, 1.807) is 0 Å². The second kappa shape index (κ2) is 8.12. The van der Waals surface area contributed by atoms with Gasteiger partial charge in [-0.2, -0.15) is 0 Å². The van der Waals surface area contributed by atoms with E-state index in [2.05, 4.69) is 134 Å². The average Bonchev–Trinajstić information content (AvgIpc) is 3.63. The van der Waals surface area contributed by atoms with E-state index in [9.17, 15) is 0 Å². The van der Waals surface area contributed by atoms with E-state index in [4.69, 9.17) is 9.97 Å². The fourth-order valence-electron chi connectivity index (χ4n) is 6.89. The summed E-state index contributed by atoms with van der Waals surface area (Å²) in [6.45, 7) is 4.58. The molecule has 0 saturated carbocycles. The van der Waals surface area contributed by atoms with Gasteiger partial charge in [0.25, 0.3) is 0 Å². The second-order valence-electron chi connectivity index (χ2n) is 11.4. The van der Waals surface area contributed by atoms with Gasteiger partial charge in [0.15, 0.2) is 0 Å². The molecule has 1 aliphatic carbocycles. The van der Waals surface area contributed by atoms with E-state index in [1.807, 2.05) is 11.3 Å². The molecule has 0 saturated heterocycles. The molecule has 0 bridgehead atoms. The standard InChI is InChI=1S/C37H25N3S/c1-37(2)27-17-9-6-15-25(27)32-33(22-12-4-3-5-13-22)38-36(39-35(32)37)40-28-18-10-7-16-26(28)31-29(40)21-20-24-23-14-8-11-19-30(23)41-34(24)31/h3-21H,1-2H3. The molecule has 0 atom stereocenters. The molecule has 8 aromatic rings. The summed E-state index contributed by atoms with van der Waals surface area (Å²) in [6, 6.07) is 41.2. The molecule has 3 aromatic heterocycles. The highest BCUT2D eigenvalue weighted by atomic mass is 32.1. The molecule has 9 rings (SSSR count). The maximum atomic E-state index is 5.43. The van der Waals surface area contributed by atoms with Gasteiger partial charge in [0.1, 0.15) is 0 Å². The lowest BCUT2D eigenvalue weighted by Crippen LogP contribution is -2.18. The molecule has 1 aliphatic rings. The highest BCUT2D eigenvalue weighted by Crippen LogP contribution is 2.51. The first kappa shape index (κ1) is 23.0. The Kier molecular flexibility index (Phi) is 4.55. The van der Waals surface area contributed by atoms with Crippen LogP contribution in [0.3, 0.4) is 0 Å². The monoisotopic (exact) mass is 543 g/mol. The first-order valence-corrected chi connectivity index (χ1v) is 14.8. The van der Waals surface area contributed by atoms with Gasteiger partial charge < -0.3 is 0 Å². The molecular weight excluding hydrogens is 518 g/mol. The zero-order chi connectivity index (χ0) is 27.3. The van der Waals surface area contributed by atoms with Crippen LogP contribution in [-0.4, -0.2) is 14.5 Å². The van der Waals surface area contributed by atoms with Crippen molar-refractivity contribution in [2.75, 3.05) is 0 Å². The predicted octanol–water partition coefficient (Wildman–Crippen LogP) is 9.91. The number of para-hydroxylation sites is 1. The number of benzene rings is 5. The smallest absolute Gasteiger partial charge is 0.235 e. The van der Waals surface area contributed by atoms with E-state index < -0.39 is 0 Å². The molecule has 41 heavy (non-hydrogen) atoms. The van der Waals surface area contributed by atoms with Crippen molar-refractivity contribution in [1.29, 1.82) is 0 Å². The summed E-state index contributed by atoms with van der Waals surface area (Å²) < 4.78 is 4.91. The Bertz CT molecular complexity index is 2340. The number of hydrogen-bond acceptors (Lipinski definition) is 3. The van der Waals surface area contributed by atoms with E-state index in [0.29, 0.717) is 0 Å². The summed E-state index contributed by atoms with van der Waals surface area (Å²) in [4.78, 5) is 10.8. The first-order valence-electron chi connectivity index (χ1n) is 14.0. The topological polar surface area (TPSA) is 30.7 Å². The van der Waals surface area contributed by atoms with Gasteiger partial charge in [-0.3, -0.25) is 4.57 Å². The van der Waals surface area contributed by atoms with E-state index >= 15 is 0 Å². The third-order valence-corrected chi connectivity index (χ3v) is 9.99. The third-order valence-electron chi connectivity index (χ3n) is 8.79. The van der Waals surface area contributed by atoms with Gasteiger partial charge >= 0.3 is 0 Å². The molecule has 0 amide bonds. The lowest BCUT2D eigenvalue weighted by molar-refractivity contribution is 0.632. The van der Waals surface area contributed by atoms with Gasteiger partial charge in [-0.1, -0.05) is 111 Å². The minimum absolute atomic E-state index is 0.245. The Morgan fingerprint density at radius 1 is 0.634 bits per heavy atom. The molecular formula is C37H25N3S. The quantitative estimate of drug-likeness (QED) is 0.217. The fraction of sp³-hybridized carbons (Fsp3) is 0.0811. The van der Waals surface area contributed by atoms with Crippen LogP contribution in [0.25, 0.3) is 70.3 Å². The van der Waals surface area contributed by atoms with Crippen LogP contribution >= 0.6 is 11.3 Å². The van der Waals surface area contributed by atoms with Crippen molar-refractivity contribution < 1.29 is 0 Å². The van der Waals surface area contributed by atoms with Crippen LogP contribution in [0.2, 0.25) is 0 Å². The second-order valence-corrected chi connectivity index (χ2v) is 12.5. The van der Waals surface area contributed by atoms with Crippen molar-refractivity contribution >= 4 is 53.3 Å². The summed E-state index contributed by atoms with van der Waals surface area (Å²) in [5, 5.41) is 5.11. The zero-order valence-electron chi connectivity index (χ0n) is 22.7. The predicted molar refractivity (Wildman–Crippen MR) is 172 cm³/mol. The Hall–Kier alpha value is -4.80. The van der Waals surface area contributed by atoms with Crippen LogP contribution in [0.4, 0.5) is 0 Å². The fourth-order valence-corrected chi connectivity index (χ4v) is 8.14. The molecule has 194 valence electrons. The van der Waals surface area contributed by atoms with Crippen molar-refractivity contribution in [3.05, 3.63) is 127 Å². The number of thiophene rings is 1. The average molecular weight is 544 g/mol. The van der Waals surface area contributed by atoms with Crippen LogP contribution < -0.4 is 0 Å². The van der Waals surface area contributed by atoms with Crippen molar-refractivity contribution in [3.63, 3.8) is 0 Å². The number of rotatable bonds is 2. The van der Waals surface area contributed by atoms with Crippen LogP contribution in [0.15, 0.2) is 115 Å². The molecule has 0 radical (unpaired) electrons. The van der Waals surface area contributed by atoms with Crippen LogP contribution in [0.1, 0.15) is 25.1 Å². The van der Waals surface area contributed by atoms with Crippen LogP contribution in [0, 0.1) is 0 Å². The molecule has 3 nitrogen and oxygen atoms in total. The van der Waals surface area contributed by atoms with Gasteiger partial charge in [0, 0.05) is 47.5 Å². The van der Waals surface area contributed by atoms with E-state index in [0.717, 1.165) is 39.5 Å². The van der Waals surface area contributed by atoms with Crippen molar-refractivity contribution in [2.45, 2.75) is 19.3 Å². The number of nitrogens with zero attached hydrogens (tertiary/aromatic N) is 3. The Labute approximate surface area is 241 Å². The van der Waals surface area contributed by atoms with Crippen molar-refractivity contribution in [1.82, 2.24) is 14.5 Å². The van der Waals surface area contributed by atoms with Gasteiger partial charge in [-0.05, 0) is 29.3 Å². The summed E-state index contributed by atoms with van der Waals surface area (Å²) in [7, 11) is 0.